The lowest BCUT2D eigenvalue weighted by atomic mass is 9.91. The predicted molar refractivity (Wildman–Crippen MR) is 94.8 cm³/mol. The molecule has 0 spiro atoms. The van der Waals surface area contributed by atoms with Crippen LogP contribution in [-0.2, 0) is 9.47 Å². The Bertz CT molecular complexity index is 202. The van der Waals surface area contributed by atoms with Gasteiger partial charge in [0.1, 0.15) is 0 Å². The third-order valence-electron chi connectivity index (χ3n) is 3.97. The van der Waals surface area contributed by atoms with Crippen molar-refractivity contribution in [1.82, 2.24) is 0 Å². The molecule has 2 fully saturated rings. The van der Waals surface area contributed by atoms with Crippen LogP contribution in [0, 0.1) is 23.7 Å². The highest BCUT2D eigenvalue weighted by Crippen LogP contribution is 2.22. The van der Waals surface area contributed by atoms with Gasteiger partial charge in [0, 0.05) is 26.4 Å². The molecule has 1 unspecified atom stereocenters. The van der Waals surface area contributed by atoms with Crippen molar-refractivity contribution in [3.05, 3.63) is 0 Å². The molecule has 0 saturated carbocycles. The molecule has 2 nitrogen and oxygen atoms in total. The summed E-state index contributed by atoms with van der Waals surface area (Å²) in [4.78, 5) is 0. The molecule has 2 saturated heterocycles. The van der Waals surface area contributed by atoms with Crippen molar-refractivity contribution in [1.29, 1.82) is 0 Å². The number of ether oxygens (including phenoxy) is 2. The van der Waals surface area contributed by atoms with E-state index in [1.807, 2.05) is 0 Å². The molecule has 0 bridgehead atoms. The standard InChI is InChI=1S/C9H18O.C8H16O.2CH4/c1-8(2)7-9-3-5-10-6-4-9;1-7(2)5-8-3-4-9-6-8;;/h8-9H,3-7H2,1-2H3;7-8H,3-6H2,1-2H3;2*1H4. The largest absolute Gasteiger partial charge is 0.381 e. The highest BCUT2D eigenvalue weighted by atomic mass is 16.5. The van der Waals surface area contributed by atoms with E-state index < -0.39 is 0 Å². The SMILES string of the molecule is C.C.CC(C)CC1CCOC1.CC(C)CC1CCOCC1. The van der Waals surface area contributed by atoms with Gasteiger partial charge in [0.2, 0.25) is 0 Å². The number of rotatable bonds is 4. The first-order chi connectivity index (χ1) is 9.08. The summed E-state index contributed by atoms with van der Waals surface area (Å²) in [6, 6.07) is 0. The fraction of sp³-hybridized carbons (Fsp3) is 1.00. The number of hydrogen-bond donors (Lipinski definition) is 0. The molecule has 2 heterocycles. The van der Waals surface area contributed by atoms with Crippen molar-refractivity contribution in [2.75, 3.05) is 26.4 Å². The fourth-order valence-electron chi connectivity index (χ4n) is 3.08. The van der Waals surface area contributed by atoms with Crippen LogP contribution in [0.1, 0.15) is 74.7 Å². The van der Waals surface area contributed by atoms with E-state index in [2.05, 4.69) is 27.7 Å². The molecule has 0 amide bonds. The first-order valence-electron chi connectivity index (χ1n) is 8.23. The number of hydrogen-bond acceptors (Lipinski definition) is 2. The van der Waals surface area contributed by atoms with Gasteiger partial charge in [-0.2, -0.15) is 0 Å². The molecule has 0 radical (unpaired) electrons. The normalized spacial score (nSPS) is 22.3. The van der Waals surface area contributed by atoms with Crippen LogP contribution in [0.3, 0.4) is 0 Å². The van der Waals surface area contributed by atoms with E-state index in [1.54, 1.807) is 0 Å². The van der Waals surface area contributed by atoms with Crippen LogP contribution in [0.25, 0.3) is 0 Å². The minimum absolute atomic E-state index is 0. The predicted octanol–water partition coefficient (Wildman–Crippen LogP) is 5.80. The second kappa shape index (κ2) is 13.6. The van der Waals surface area contributed by atoms with Crippen LogP contribution in [0.5, 0.6) is 0 Å². The van der Waals surface area contributed by atoms with Gasteiger partial charge in [-0.15, -0.1) is 0 Å². The van der Waals surface area contributed by atoms with Crippen molar-refractivity contribution in [2.45, 2.75) is 74.7 Å². The first-order valence-corrected chi connectivity index (χ1v) is 8.23. The minimum atomic E-state index is 0. The van der Waals surface area contributed by atoms with E-state index in [1.165, 1.54) is 32.1 Å². The summed E-state index contributed by atoms with van der Waals surface area (Å²) in [6.07, 6.45) is 6.61. The Morgan fingerprint density at radius 3 is 1.57 bits per heavy atom. The lowest BCUT2D eigenvalue weighted by molar-refractivity contribution is 0.0602. The molecule has 2 rings (SSSR count). The Hall–Kier alpha value is -0.0800. The summed E-state index contributed by atoms with van der Waals surface area (Å²) in [6.45, 7) is 13.2. The molecule has 0 aromatic rings. The molecule has 2 aliphatic heterocycles. The van der Waals surface area contributed by atoms with E-state index in [9.17, 15) is 0 Å². The molecular formula is C19H42O2. The van der Waals surface area contributed by atoms with Gasteiger partial charge < -0.3 is 9.47 Å². The highest BCUT2D eigenvalue weighted by molar-refractivity contribution is 4.65. The second-order valence-electron chi connectivity index (χ2n) is 7.04. The smallest absolute Gasteiger partial charge is 0.0495 e. The topological polar surface area (TPSA) is 18.5 Å². The average Bonchev–Trinajstić information content (AvgIpc) is 2.82. The Balaban J connectivity index is 0. The Morgan fingerprint density at radius 1 is 0.714 bits per heavy atom. The van der Waals surface area contributed by atoms with Gasteiger partial charge in [0.05, 0.1) is 0 Å². The van der Waals surface area contributed by atoms with E-state index in [4.69, 9.17) is 9.47 Å². The van der Waals surface area contributed by atoms with Crippen LogP contribution in [-0.4, -0.2) is 26.4 Å². The molecule has 21 heavy (non-hydrogen) atoms. The van der Waals surface area contributed by atoms with Crippen LogP contribution in [0.2, 0.25) is 0 Å². The lowest BCUT2D eigenvalue weighted by Gasteiger charge is -2.23. The maximum Gasteiger partial charge on any atom is 0.0495 e. The fourth-order valence-corrected chi connectivity index (χ4v) is 3.08. The molecular weight excluding hydrogens is 260 g/mol. The maximum absolute atomic E-state index is 5.28. The van der Waals surface area contributed by atoms with Crippen LogP contribution < -0.4 is 0 Å². The summed E-state index contributed by atoms with van der Waals surface area (Å²) in [7, 11) is 0. The Kier molecular flexibility index (Phi) is 15.0. The monoisotopic (exact) mass is 302 g/mol. The van der Waals surface area contributed by atoms with Gasteiger partial charge in [-0.1, -0.05) is 42.5 Å². The van der Waals surface area contributed by atoms with Crippen molar-refractivity contribution in [2.24, 2.45) is 23.7 Å². The maximum atomic E-state index is 5.28. The quantitative estimate of drug-likeness (QED) is 0.653. The van der Waals surface area contributed by atoms with Crippen LogP contribution in [0.15, 0.2) is 0 Å². The summed E-state index contributed by atoms with van der Waals surface area (Å²) in [5.41, 5.74) is 0. The van der Waals surface area contributed by atoms with Gasteiger partial charge in [-0.25, -0.2) is 0 Å². The van der Waals surface area contributed by atoms with Gasteiger partial charge in [0.15, 0.2) is 0 Å². The van der Waals surface area contributed by atoms with E-state index >= 15 is 0 Å². The van der Waals surface area contributed by atoms with E-state index in [-0.39, 0.29) is 14.9 Å². The second-order valence-corrected chi connectivity index (χ2v) is 7.04. The van der Waals surface area contributed by atoms with Gasteiger partial charge in [0.25, 0.3) is 0 Å². The molecule has 1 atom stereocenters. The molecule has 130 valence electrons. The van der Waals surface area contributed by atoms with E-state index in [0.717, 1.165) is 50.1 Å². The summed E-state index contributed by atoms with van der Waals surface area (Å²) in [5.74, 6) is 3.53. The molecule has 0 N–H and O–H groups in total. The molecule has 2 aliphatic rings. The minimum Gasteiger partial charge on any atom is -0.381 e. The first kappa shape index (κ1) is 23.2. The third kappa shape index (κ3) is 12.2. The van der Waals surface area contributed by atoms with Crippen molar-refractivity contribution in [3.8, 4) is 0 Å². The van der Waals surface area contributed by atoms with Crippen molar-refractivity contribution in [3.63, 3.8) is 0 Å². The van der Waals surface area contributed by atoms with E-state index in [0.29, 0.717) is 0 Å². The van der Waals surface area contributed by atoms with Crippen LogP contribution in [0.4, 0.5) is 0 Å². The average molecular weight is 303 g/mol. The van der Waals surface area contributed by atoms with Crippen molar-refractivity contribution >= 4 is 0 Å². The molecule has 0 aliphatic carbocycles. The molecule has 0 aromatic heterocycles. The van der Waals surface area contributed by atoms with Gasteiger partial charge in [-0.3, -0.25) is 0 Å². The molecule has 0 aromatic carbocycles. The zero-order valence-corrected chi connectivity index (χ0v) is 13.5. The third-order valence-corrected chi connectivity index (χ3v) is 3.97. The Morgan fingerprint density at radius 2 is 1.14 bits per heavy atom. The zero-order valence-electron chi connectivity index (χ0n) is 13.5. The van der Waals surface area contributed by atoms with Gasteiger partial charge >= 0.3 is 0 Å². The van der Waals surface area contributed by atoms with Gasteiger partial charge in [-0.05, 0) is 55.8 Å². The van der Waals surface area contributed by atoms with Crippen LogP contribution >= 0.6 is 0 Å². The summed E-state index contributed by atoms with van der Waals surface area (Å²) in [5, 5.41) is 0. The highest BCUT2D eigenvalue weighted by Gasteiger charge is 2.16. The lowest BCUT2D eigenvalue weighted by Crippen LogP contribution is -2.16. The van der Waals surface area contributed by atoms with Crippen molar-refractivity contribution < 1.29 is 9.47 Å². The summed E-state index contributed by atoms with van der Waals surface area (Å²) >= 11 is 0. The summed E-state index contributed by atoms with van der Waals surface area (Å²) < 4.78 is 10.5. The molecule has 2 heteroatoms. The zero-order chi connectivity index (χ0) is 14.1. The Labute approximate surface area is 135 Å².